The van der Waals surface area contributed by atoms with Gasteiger partial charge in [0.15, 0.2) is 0 Å². The number of benzene rings is 2. The van der Waals surface area contributed by atoms with Crippen LogP contribution in [0.3, 0.4) is 0 Å². The van der Waals surface area contributed by atoms with Crippen LogP contribution in [0.1, 0.15) is 76.5 Å². The number of methoxy groups -OCH3 is 2. The van der Waals surface area contributed by atoms with Crippen molar-refractivity contribution in [1.29, 1.82) is 0 Å². The Bertz CT molecular complexity index is 1940. The molecule has 3 N–H and O–H groups in total. The fourth-order valence-electron chi connectivity index (χ4n) is 5.85. The van der Waals surface area contributed by atoms with Gasteiger partial charge in [0.2, 0.25) is 11.8 Å². The van der Waals surface area contributed by atoms with Gasteiger partial charge in [-0.3, -0.25) is 14.6 Å². The fourth-order valence-corrected chi connectivity index (χ4v) is 5.85. The molecule has 13 heteroatoms. The lowest BCUT2D eigenvalue weighted by molar-refractivity contribution is -0.135. The number of nitrogens with one attached hydrogen (secondary N) is 3. The minimum Gasteiger partial charge on any atom is -0.453 e. The first-order chi connectivity index (χ1) is 25.6. The van der Waals surface area contributed by atoms with Crippen LogP contribution in [0.4, 0.5) is 9.59 Å². The van der Waals surface area contributed by atoms with Crippen molar-refractivity contribution in [2.75, 3.05) is 28.3 Å². The molecular formula is C41H51N7O6. The third kappa shape index (κ3) is 9.95. The summed E-state index contributed by atoms with van der Waals surface area (Å²) in [5.41, 5.74) is 6.38. The summed E-state index contributed by atoms with van der Waals surface area (Å²) in [6.45, 7) is 11.3. The van der Waals surface area contributed by atoms with Crippen LogP contribution >= 0.6 is 0 Å². The van der Waals surface area contributed by atoms with E-state index in [1.807, 2.05) is 96.3 Å². The van der Waals surface area contributed by atoms with Crippen LogP contribution in [0.25, 0.3) is 16.8 Å². The number of rotatable bonds is 12. The molecule has 4 atom stereocenters. The Morgan fingerprint density at radius 3 is 1.65 bits per heavy atom. The lowest BCUT2D eigenvalue weighted by atomic mass is 9.97. The third-order valence-corrected chi connectivity index (χ3v) is 9.67. The number of alkyl carbamates (subject to hydrolysis) is 2. The third-order valence-electron chi connectivity index (χ3n) is 9.67. The summed E-state index contributed by atoms with van der Waals surface area (Å²) in [7, 11) is 5.95. The Hall–Kier alpha value is -5.90. The van der Waals surface area contributed by atoms with Crippen LogP contribution in [0.5, 0.6) is 0 Å². The first-order valence-electron chi connectivity index (χ1n) is 17.9. The molecule has 1 aliphatic heterocycles. The summed E-state index contributed by atoms with van der Waals surface area (Å²) in [6, 6.07) is 13.7. The predicted octanol–water partition coefficient (Wildman–Crippen LogP) is 5.79. The molecule has 0 fully saturated rings. The standard InChI is InChI=1S/C41H51N7O6/c1-24(2)35(45-40(51)53-9)38(49)47(7)26(5)33-21-32(22-42-33)30-17-13-28(14-18-30)11-12-29-15-19-31(20-16-29)34-23-43-37(44-34)27(6)48(8)39(50)36(25(3)4)46-41(52)54-10/h13-20,22-27,35-36H,21H2,1-10H3,(H,43,44)(H,45,51)(H,46,52)/t26-,27-,35-,36-/m0/s1. The van der Waals surface area contributed by atoms with Crippen molar-refractivity contribution >= 4 is 35.3 Å². The van der Waals surface area contributed by atoms with E-state index >= 15 is 0 Å². The van der Waals surface area contributed by atoms with E-state index in [2.05, 4.69) is 37.4 Å². The number of aromatic amines is 1. The van der Waals surface area contributed by atoms with Crippen molar-refractivity contribution in [2.24, 2.45) is 16.8 Å². The topological polar surface area (TPSA) is 158 Å². The average molecular weight is 738 g/mol. The Balaban J connectivity index is 1.34. The predicted molar refractivity (Wildman–Crippen MR) is 208 cm³/mol. The van der Waals surface area contributed by atoms with Gasteiger partial charge in [0.05, 0.1) is 38.2 Å². The summed E-state index contributed by atoms with van der Waals surface area (Å²) in [4.78, 5) is 65.7. The summed E-state index contributed by atoms with van der Waals surface area (Å²) in [5, 5.41) is 5.26. The van der Waals surface area contributed by atoms with Gasteiger partial charge >= 0.3 is 12.2 Å². The Kier molecular flexibility index (Phi) is 13.8. The van der Waals surface area contributed by atoms with Gasteiger partial charge in [-0.25, -0.2) is 14.6 Å². The normalized spacial score (nSPS) is 14.4. The van der Waals surface area contributed by atoms with Crippen LogP contribution in [0, 0.1) is 23.7 Å². The molecule has 0 bridgehead atoms. The molecule has 286 valence electrons. The SMILES string of the molecule is COC(=O)N[C@H](C(=O)N(C)[C@@H](C)C1=NC=C(c2ccc(C#Cc3ccc(-c4cnc([C@H](C)N(C)C(=O)[C@@H](NC(=O)OC)C(C)C)[nH]4)cc3)cc2)C1)C(C)C. The van der Waals surface area contributed by atoms with Crippen molar-refractivity contribution < 1.29 is 28.7 Å². The Labute approximate surface area is 317 Å². The summed E-state index contributed by atoms with van der Waals surface area (Å²) >= 11 is 0. The number of carbonyl (C=O) groups is 4. The van der Waals surface area contributed by atoms with Crippen molar-refractivity contribution in [3.8, 4) is 23.1 Å². The maximum absolute atomic E-state index is 13.2. The van der Waals surface area contributed by atoms with Crippen LogP contribution in [0.2, 0.25) is 0 Å². The van der Waals surface area contributed by atoms with Crippen molar-refractivity contribution in [3.05, 3.63) is 83.4 Å². The van der Waals surface area contributed by atoms with E-state index in [4.69, 9.17) is 9.47 Å². The van der Waals surface area contributed by atoms with E-state index in [0.29, 0.717) is 12.2 Å². The van der Waals surface area contributed by atoms with Gasteiger partial charge in [0, 0.05) is 43.6 Å². The zero-order chi connectivity index (χ0) is 39.7. The summed E-state index contributed by atoms with van der Waals surface area (Å²) in [5.74, 6) is 6.38. The molecule has 0 saturated carbocycles. The molecule has 3 aromatic rings. The Morgan fingerprint density at radius 1 is 0.722 bits per heavy atom. The first-order valence-corrected chi connectivity index (χ1v) is 17.9. The number of amides is 4. The maximum atomic E-state index is 13.2. The smallest absolute Gasteiger partial charge is 0.407 e. The van der Waals surface area contributed by atoms with Crippen molar-refractivity contribution in [2.45, 2.75) is 72.1 Å². The minimum atomic E-state index is -0.733. The molecule has 0 aliphatic carbocycles. The number of carbonyl (C=O) groups excluding carboxylic acids is 4. The molecule has 0 radical (unpaired) electrons. The molecule has 1 aliphatic rings. The van der Waals surface area contributed by atoms with E-state index in [1.165, 1.54) is 14.2 Å². The van der Waals surface area contributed by atoms with Crippen LogP contribution in [-0.4, -0.2) is 95.9 Å². The van der Waals surface area contributed by atoms with Gasteiger partial charge in [-0.2, -0.15) is 0 Å². The van der Waals surface area contributed by atoms with E-state index in [9.17, 15) is 19.2 Å². The molecular weight excluding hydrogens is 686 g/mol. The Morgan fingerprint density at radius 2 is 1.19 bits per heavy atom. The van der Waals surface area contributed by atoms with Crippen LogP contribution in [-0.2, 0) is 19.1 Å². The fraction of sp³-hybridized carbons (Fsp3) is 0.415. The number of H-pyrrole nitrogens is 1. The minimum absolute atomic E-state index is 0.117. The molecule has 4 amide bonds. The van der Waals surface area contributed by atoms with Crippen molar-refractivity contribution in [1.82, 2.24) is 30.4 Å². The highest BCUT2D eigenvalue weighted by Crippen LogP contribution is 2.27. The second kappa shape index (κ2) is 18.2. The molecule has 4 rings (SSSR count). The zero-order valence-electron chi connectivity index (χ0n) is 32.7. The summed E-state index contributed by atoms with van der Waals surface area (Å²) in [6.07, 6.45) is 2.88. The van der Waals surface area contributed by atoms with E-state index in [0.717, 1.165) is 39.2 Å². The van der Waals surface area contributed by atoms with Gasteiger partial charge in [-0.15, -0.1) is 0 Å². The monoisotopic (exact) mass is 737 g/mol. The molecule has 2 aromatic carbocycles. The van der Waals surface area contributed by atoms with Gasteiger partial charge in [-0.05, 0) is 66.6 Å². The molecule has 0 unspecified atom stereocenters. The van der Waals surface area contributed by atoms with Crippen LogP contribution < -0.4 is 10.6 Å². The highest BCUT2D eigenvalue weighted by atomic mass is 16.5. The van der Waals surface area contributed by atoms with Gasteiger partial charge in [0.25, 0.3) is 0 Å². The van der Waals surface area contributed by atoms with Crippen LogP contribution in [0.15, 0.2) is 65.9 Å². The largest absolute Gasteiger partial charge is 0.453 e. The maximum Gasteiger partial charge on any atom is 0.407 e. The highest BCUT2D eigenvalue weighted by molar-refractivity contribution is 6.03. The zero-order valence-corrected chi connectivity index (χ0v) is 32.7. The number of ether oxygens (including phenoxy) is 2. The molecule has 1 aromatic heterocycles. The lowest BCUT2D eigenvalue weighted by Crippen LogP contribution is -2.53. The quantitative estimate of drug-likeness (QED) is 0.199. The summed E-state index contributed by atoms with van der Waals surface area (Å²) < 4.78 is 9.40. The molecule has 13 nitrogen and oxygen atoms in total. The van der Waals surface area contributed by atoms with Crippen molar-refractivity contribution in [3.63, 3.8) is 0 Å². The number of aromatic nitrogens is 2. The number of hydrogen-bond acceptors (Lipinski definition) is 8. The lowest BCUT2D eigenvalue weighted by Gasteiger charge is -2.31. The van der Waals surface area contributed by atoms with Gasteiger partial charge in [0.1, 0.15) is 17.9 Å². The number of likely N-dealkylation sites (N-methyl/N-ethyl adjacent to an activating group) is 2. The van der Waals surface area contributed by atoms with Gasteiger partial charge < -0.3 is 34.9 Å². The van der Waals surface area contributed by atoms with Gasteiger partial charge in [-0.1, -0.05) is 63.8 Å². The van der Waals surface area contributed by atoms with E-state index in [1.54, 1.807) is 30.1 Å². The number of hydrogen-bond donors (Lipinski definition) is 3. The number of imidazole rings is 1. The van der Waals surface area contributed by atoms with E-state index in [-0.39, 0.29) is 35.7 Å². The molecule has 2 heterocycles. The van der Waals surface area contributed by atoms with E-state index < -0.39 is 24.3 Å². The highest BCUT2D eigenvalue weighted by Gasteiger charge is 2.33. The number of aliphatic imine (C=N–C) groups is 1. The number of allylic oxidation sites excluding steroid dienone is 1. The first kappa shape index (κ1) is 40.9. The number of nitrogens with zero attached hydrogens (tertiary/aromatic N) is 4. The molecule has 0 spiro atoms. The molecule has 0 saturated heterocycles. The second-order valence-electron chi connectivity index (χ2n) is 14.0. The second-order valence-corrected chi connectivity index (χ2v) is 14.0. The average Bonchev–Trinajstić information content (AvgIpc) is 3.88. The molecule has 54 heavy (non-hydrogen) atoms.